The molecule has 2 aromatic rings. The van der Waals surface area contributed by atoms with Gasteiger partial charge in [0.15, 0.2) is 0 Å². The van der Waals surface area contributed by atoms with Crippen LogP contribution in [0.25, 0.3) is 0 Å². The average Bonchev–Trinajstić information content (AvgIpc) is 2.78. The highest BCUT2D eigenvalue weighted by molar-refractivity contribution is 5.96. The Balaban J connectivity index is 2.00. The number of rotatable bonds is 5. The number of aryl methyl sites for hydroxylation is 3. The number of hydrogen-bond acceptors (Lipinski definition) is 4. The first-order valence-corrected chi connectivity index (χ1v) is 7.62. The smallest absolute Gasteiger partial charge is 0.331 e. The zero-order chi connectivity index (χ0) is 17.9. The molecular weight excluding hydrogens is 308 g/mol. The van der Waals surface area contributed by atoms with Crippen molar-refractivity contribution in [2.24, 2.45) is 5.73 Å². The minimum absolute atomic E-state index is 0.218. The summed E-state index contributed by atoms with van der Waals surface area (Å²) in [6.07, 6.45) is 2.33. The van der Waals surface area contributed by atoms with Crippen LogP contribution in [0.2, 0.25) is 0 Å². The van der Waals surface area contributed by atoms with Crippen molar-refractivity contribution in [3.8, 4) is 0 Å². The van der Waals surface area contributed by atoms with Gasteiger partial charge < -0.3 is 11.1 Å². The summed E-state index contributed by atoms with van der Waals surface area (Å²) in [6.45, 7) is 7.83. The summed E-state index contributed by atoms with van der Waals surface area (Å²) in [7, 11) is 0. The molecule has 0 aliphatic heterocycles. The summed E-state index contributed by atoms with van der Waals surface area (Å²) in [5.74, 6) is 0.476. The van der Waals surface area contributed by atoms with Crippen LogP contribution in [0, 0.1) is 27.7 Å². The van der Waals surface area contributed by atoms with Crippen molar-refractivity contribution in [3.63, 3.8) is 0 Å². The molecule has 0 saturated heterocycles. The minimum atomic E-state index is -0.685. The predicted octanol–water partition coefficient (Wildman–Crippen LogP) is 1.11. The van der Waals surface area contributed by atoms with E-state index in [0.717, 1.165) is 11.3 Å². The highest BCUT2D eigenvalue weighted by atomic mass is 16.2. The van der Waals surface area contributed by atoms with E-state index >= 15 is 0 Å². The van der Waals surface area contributed by atoms with Crippen LogP contribution in [0.3, 0.4) is 0 Å². The molecule has 128 valence electrons. The van der Waals surface area contributed by atoms with Crippen LogP contribution in [-0.2, 0) is 6.42 Å². The van der Waals surface area contributed by atoms with Crippen LogP contribution in [-0.4, -0.2) is 33.1 Å². The zero-order valence-corrected chi connectivity index (χ0v) is 14.3. The number of nitrogens with zero attached hydrogens (tertiary/aromatic N) is 3. The van der Waals surface area contributed by atoms with Gasteiger partial charge >= 0.3 is 6.03 Å². The van der Waals surface area contributed by atoms with Crippen LogP contribution in [0.4, 0.5) is 4.79 Å². The third-order valence-corrected chi connectivity index (χ3v) is 3.81. The molecule has 0 aliphatic rings. The van der Waals surface area contributed by atoms with Gasteiger partial charge in [-0.1, -0.05) is 0 Å². The Morgan fingerprint density at radius 3 is 2.58 bits per heavy atom. The number of urea groups is 1. The maximum absolute atomic E-state index is 12.3. The maximum Gasteiger partial charge on any atom is 0.331 e. The minimum Gasteiger partial charge on any atom is -0.352 e. The Morgan fingerprint density at radius 2 is 1.96 bits per heavy atom. The summed E-state index contributed by atoms with van der Waals surface area (Å²) in [5.41, 5.74) is 11.4. The standard InChI is InChI=1S/C16H22N6O2/c1-9-8-19-14(20-11(9)3)5-6-18-15(23)13-7-10(2)22(12(13)4)21-16(17)24/h7-8H,5-6H2,1-4H3,(H,18,23)(H3,17,21,24). The SMILES string of the molecule is Cc1cnc(CCNC(=O)c2cc(C)n(NC(N)=O)c2C)nc1C. The van der Waals surface area contributed by atoms with E-state index in [9.17, 15) is 9.59 Å². The molecule has 3 amide bonds. The number of nitrogens with two attached hydrogens (primary N) is 1. The fourth-order valence-corrected chi connectivity index (χ4v) is 2.35. The highest BCUT2D eigenvalue weighted by Gasteiger charge is 2.16. The molecule has 24 heavy (non-hydrogen) atoms. The van der Waals surface area contributed by atoms with E-state index in [2.05, 4.69) is 20.7 Å². The van der Waals surface area contributed by atoms with E-state index in [1.807, 2.05) is 13.8 Å². The molecule has 0 aromatic carbocycles. The van der Waals surface area contributed by atoms with E-state index in [4.69, 9.17) is 5.73 Å². The van der Waals surface area contributed by atoms with Crippen molar-refractivity contribution in [1.29, 1.82) is 0 Å². The second-order valence-corrected chi connectivity index (χ2v) is 5.66. The van der Waals surface area contributed by atoms with Crippen LogP contribution >= 0.6 is 0 Å². The molecule has 4 N–H and O–H groups in total. The molecule has 2 heterocycles. The molecule has 0 radical (unpaired) electrons. The molecule has 2 rings (SSSR count). The highest BCUT2D eigenvalue weighted by Crippen LogP contribution is 2.13. The van der Waals surface area contributed by atoms with Gasteiger partial charge in [0, 0.05) is 36.2 Å². The summed E-state index contributed by atoms with van der Waals surface area (Å²) >= 11 is 0. The van der Waals surface area contributed by atoms with E-state index < -0.39 is 6.03 Å². The number of carbonyl (C=O) groups excluding carboxylic acids is 2. The number of nitrogens with one attached hydrogen (secondary N) is 2. The largest absolute Gasteiger partial charge is 0.352 e. The Morgan fingerprint density at radius 1 is 1.25 bits per heavy atom. The van der Waals surface area contributed by atoms with Crippen molar-refractivity contribution in [3.05, 3.63) is 46.3 Å². The second kappa shape index (κ2) is 7.12. The fourth-order valence-electron chi connectivity index (χ4n) is 2.35. The maximum atomic E-state index is 12.3. The zero-order valence-electron chi connectivity index (χ0n) is 14.3. The van der Waals surface area contributed by atoms with Gasteiger partial charge in [0.25, 0.3) is 5.91 Å². The molecule has 0 unspecified atom stereocenters. The molecule has 0 fully saturated rings. The molecule has 0 spiro atoms. The van der Waals surface area contributed by atoms with Gasteiger partial charge in [-0.2, -0.15) is 0 Å². The van der Waals surface area contributed by atoms with E-state index in [-0.39, 0.29) is 5.91 Å². The Kier molecular flexibility index (Phi) is 5.18. The monoisotopic (exact) mass is 330 g/mol. The Bertz CT molecular complexity index is 781. The molecule has 0 atom stereocenters. The lowest BCUT2D eigenvalue weighted by atomic mass is 10.2. The fraction of sp³-hybridized carbons (Fsp3) is 0.375. The Hall–Kier alpha value is -2.90. The van der Waals surface area contributed by atoms with Crippen molar-refractivity contribution < 1.29 is 9.59 Å². The van der Waals surface area contributed by atoms with Gasteiger partial charge in [0.1, 0.15) is 5.82 Å². The first kappa shape index (κ1) is 17.5. The number of amides is 3. The number of aromatic nitrogens is 3. The second-order valence-electron chi connectivity index (χ2n) is 5.66. The third-order valence-electron chi connectivity index (χ3n) is 3.81. The van der Waals surface area contributed by atoms with Gasteiger partial charge in [-0.25, -0.2) is 20.2 Å². The van der Waals surface area contributed by atoms with Gasteiger partial charge in [-0.3, -0.25) is 9.47 Å². The van der Waals surface area contributed by atoms with Crippen LogP contribution < -0.4 is 16.5 Å². The van der Waals surface area contributed by atoms with Gasteiger partial charge in [-0.05, 0) is 39.3 Å². The van der Waals surface area contributed by atoms with Crippen LogP contribution in [0.5, 0.6) is 0 Å². The van der Waals surface area contributed by atoms with Crippen molar-refractivity contribution in [1.82, 2.24) is 20.0 Å². The normalized spacial score (nSPS) is 10.5. The van der Waals surface area contributed by atoms with Crippen molar-refractivity contribution in [2.45, 2.75) is 34.1 Å². The number of carbonyl (C=O) groups is 2. The molecular formula is C16H22N6O2. The first-order chi connectivity index (χ1) is 11.3. The summed E-state index contributed by atoms with van der Waals surface area (Å²) in [6, 6.07) is 1.02. The van der Waals surface area contributed by atoms with Gasteiger partial charge in [0.2, 0.25) is 0 Å². The molecule has 8 nitrogen and oxygen atoms in total. The van der Waals surface area contributed by atoms with Crippen LogP contribution in [0.1, 0.15) is 38.8 Å². The van der Waals surface area contributed by atoms with E-state index in [1.165, 1.54) is 4.68 Å². The van der Waals surface area contributed by atoms with Gasteiger partial charge in [-0.15, -0.1) is 0 Å². The lowest BCUT2D eigenvalue weighted by molar-refractivity contribution is 0.0953. The molecule has 8 heteroatoms. The summed E-state index contributed by atoms with van der Waals surface area (Å²) in [4.78, 5) is 32.0. The topological polar surface area (TPSA) is 115 Å². The predicted molar refractivity (Wildman–Crippen MR) is 90.4 cm³/mol. The van der Waals surface area contributed by atoms with Gasteiger partial charge in [0.05, 0.1) is 5.56 Å². The molecule has 0 aliphatic carbocycles. The lowest BCUT2D eigenvalue weighted by Gasteiger charge is -2.09. The average molecular weight is 330 g/mol. The molecule has 2 aromatic heterocycles. The first-order valence-electron chi connectivity index (χ1n) is 7.62. The number of hydrogen-bond donors (Lipinski definition) is 3. The number of primary amides is 1. The molecule has 0 bridgehead atoms. The quantitative estimate of drug-likeness (QED) is 0.761. The van der Waals surface area contributed by atoms with Crippen molar-refractivity contribution in [2.75, 3.05) is 12.0 Å². The van der Waals surface area contributed by atoms with E-state index in [1.54, 1.807) is 26.1 Å². The van der Waals surface area contributed by atoms with E-state index in [0.29, 0.717) is 35.7 Å². The summed E-state index contributed by atoms with van der Waals surface area (Å²) < 4.78 is 1.49. The third kappa shape index (κ3) is 3.89. The molecule has 0 saturated carbocycles. The summed E-state index contributed by atoms with van der Waals surface area (Å²) in [5, 5.41) is 2.84. The van der Waals surface area contributed by atoms with Crippen LogP contribution in [0.15, 0.2) is 12.3 Å². The Labute approximate surface area is 140 Å². The lowest BCUT2D eigenvalue weighted by Crippen LogP contribution is -2.30. The van der Waals surface area contributed by atoms with Crippen molar-refractivity contribution >= 4 is 11.9 Å².